The monoisotopic (exact) mass is 402 g/mol. The molecule has 8 heteroatoms. The summed E-state index contributed by atoms with van der Waals surface area (Å²) in [6, 6.07) is 10.5. The first-order valence-corrected chi connectivity index (χ1v) is 9.17. The van der Waals surface area contributed by atoms with Crippen molar-refractivity contribution >= 4 is 11.6 Å². The van der Waals surface area contributed by atoms with Crippen LogP contribution in [0.15, 0.2) is 36.4 Å². The zero-order valence-corrected chi connectivity index (χ0v) is 17.2. The smallest absolute Gasteiger partial charge is 0.327 e. The second-order valence-corrected chi connectivity index (χ2v) is 6.86. The van der Waals surface area contributed by atoms with Gasteiger partial charge in [0.15, 0.2) is 5.75 Å². The fourth-order valence-corrected chi connectivity index (χ4v) is 3.17. The van der Waals surface area contributed by atoms with Crippen molar-refractivity contribution in [3.05, 3.63) is 57.6 Å². The Hall–Kier alpha value is -3.29. The molecule has 1 atom stereocenters. The Kier molecular flexibility index (Phi) is 7.41. The molecule has 156 valence electrons. The molecule has 0 saturated carbocycles. The van der Waals surface area contributed by atoms with Gasteiger partial charge in [0, 0.05) is 6.07 Å². The van der Waals surface area contributed by atoms with Crippen molar-refractivity contribution in [2.24, 2.45) is 5.92 Å². The summed E-state index contributed by atoms with van der Waals surface area (Å²) in [7, 11) is 4.01. The first-order valence-electron chi connectivity index (χ1n) is 9.17. The summed E-state index contributed by atoms with van der Waals surface area (Å²) in [4.78, 5) is 24.2. The molecule has 0 bridgehead atoms. The van der Waals surface area contributed by atoms with Gasteiger partial charge in [-0.15, -0.1) is 0 Å². The molecule has 29 heavy (non-hydrogen) atoms. The molecule has 0 fully saturated rings. The lowest BCUT2D eigenvalue weighted by Gasteiger charge is -2.22. The van der Waals surface area contributed by atoms with Crippen molar-refractivity contribution in [2.75, 3.05) is 21.3 Å². The molecule has 1 N–H and O–H groups in total. The summed E-state index contributed by atoms with van der Waals surface area (Å²) in [6.07, 6.45) is 0.675. The van der Waals surface area contributed by atoms with Crippen LogP contribution in [0.5, 0.6) is 17.2 Å². The molecule has 1 amide bonds. The number of nitro groups is 1. The van der Waals surface area contributed by atoms with Gasteiger partial charge in [-0.05, 0) is 17.9 Å². The fourth-order valence-electron chi connectivity index (χ4n) is 3.17. The van der Waals surface area contributed by atoms with Gasteiger partial charge in [-0.1, -0.05) is 44.2 Å². The molecule has 1 unspecified atom stereocenters. The van der Waals surface area contributed by atoms with Crippen LogP contribution in [0.1, 0.15) is 42.2 Å². The van der Waals surface area contributed by atoms with Crippen molar-refractivity contribution in [1.29, 1.82) is 0 Å². The van der Waals surface area contributed by atoms with Gasteiger partial charge in [0.1, 0.15) is 5.56 Å². The normalized spacial score (nSPS) is 11.7. The summed E-state index contributed by atoms with van der Waals surface area (Å²) in [5.41, 5.74) is 0.290. The maximum absolute atomic E-state index is 13.1. The number of carbonyl (C=O) groups is 1. The lowest BCUT2D eigenvalue weighted by Crippen LogP contribution is -2.30. The number of methoxy groups -OCH3 is 3. The van der Waals surface area contributed by atoms with Crippen LogP contribution in [0.2, 0.25) is 0 Å². The summed E-state index contributed by atoms with van der Waals surface area (Å²) in [5.74, 6) is -0.233. The highest BCUT2D eigenvalue weighted by Gasteiger charge is 2.33. The van der Waals surface area contributed by atoms with Crippen LogP contribution in [0.25, 0.3) is 0 Å². The van der Waals surface area contributed by atoms with Gasteiger partial charge >= 0.3 is 5.69 Å². The number of rotatable bonds is 9. The van der Waals surface area contributed by atoms with E-state index in [1.54, 1.807) is 0 Å². The number of nitrogens with one attached hydrogen (secondary N) is 1. The van der Waals surface area contributed by atoms with Crippen LogP contribution in [-0.2, 0) is 0 Å². The van der Waals surface area contributed by atoms with E-state index in [4.69, 9.17) is 14.2 Å². The topological polar surface area (TPSA) is 99.9 Å². The van der Waals surface area contributed by atoms with E-state index in [9.17, 15) is 14.9 Å². The summed E-state index contributed by atoms with van der Waals surface area (Å²) < 4.78 is 15.6. The van der Waals surface area contributed by atoms with Gasteiger partial charge in [0.25, 0.3) is 5.91 Å². The summed E-state index contributed by atoms with van der Waals surface area (Å²) >= 11 is 0. The van der Waals surface area contributed by atoms with E-state index in [-0.39, 0.29) is 28.9 Å². The van der Waals surface area contributed by atoms with Crippen LogP contribution in [0, 0.1) is 16.0 Å². The highest BCUT2D eigenvalue weighted by atomic mass is 16.6. The second kappa shape index (κ2) is 9.77. The molecular formula is C21H26N2O6. The number of carbonyl (C=O) groups excluding carboxylic acids is 1. The number of amides is 1. The molecule has 0 saturated heterocycles. The minimum Gasteiger partial charge on any atom is -0.493 e. The van der Waals surface area contributed by atoms with Crippen LogP contribution < -0.4 is 19.5 Å². The first kappa shape index (κ1) is 22.0. The van der Waals surface area contributed by atoms with Gasteiger partial charge in [-0.25, -0.2) is 0 Å². The molecule has 0 spiro atoms. The molecule has 0 radical (unpaired) electrons. The van der Waals surface area contributed by atoms with E-state index in [0.717, 1.165) is 5.56 Å². The van der Waals surface area contributed by atoms with E-state index < -0.39 is 16.5 Å². The SMILES string of the molecule is COc1cc(C(=O)NC(CC(C)C)c2ccccc2)c([N+](=O)[O-])c(OC)c1OC. The average Bonchev–Trinajstić information content (AvgIpc) is 2.71. The predicted molar refractivity (Wildman–Crippen MR) is 109 cm³/mol. The predicted octanol–water partition coefficient (Wildman–Crippen LogP) is 4.14. The zero-order valence-electron chi connectivity index (χ0n) is 17.2. The number of ether oxygens (including phenoxy) is 3. The maximum Gasteiger partial charge on any atom is 0.327 e. The van der Waals surface area contributed by atoms with Crippen LogP contribution in [0.3, 0.4) is 0 Å². The van der Waals surface area contributed by atoms with Gasteiger partial charge in [0.2, 0.25) is 11.5 Å². The first-order chi connectivity index (χ1) is 13.8. The molecule has 2 rings (SSSR count). The quantitative estimate of drug-likeness (QED) is 0.500. The summed E-state index contributed by atoms with van der Waals surface area (Å²) in [5, 5.41) is 14.7. The Balaban J connectivity index is 2.53. The van der Waals surface area contributed by atoms with Crippen LogP contribution in [0.4, 0.5) is 5.69 Å². The van der Waals surface area contributed by atoms with Crippen molar-refractivity contribution < 1.29 is 23.9 Å². The zero-order chi connectivity index (χ0) is 21.6. The Morgan fingerprint density at radius 1 is 1.07 bits per heavy atom. The fraction of sp³-hybridized carbons (Fsp3) is 0.381. The Labute approximate surface area is 169 Å². The third kappa shape index (κ3) is 4.96. The van der Waals surface area contributed by atoms with Gasteiger partial charge in [-0.3, -0.25) is 14.9 Å². The van der Waals surface area contributed by atoms with Crippen LogP contribution in [-0.4, -0.2) is 32.2 Å². The van der Waals surface area contributed by atoms with Crippen molar-refractivity contribution in [1.82, 2.24) is 5.32 Å². The maximum atomic E-state index is 13.1. The molecule has 0 aliphatic rings. The number of hydrogen-bond donors (Lipinski definition) is 1. The minimum absolute atomic E-state index is 0.0556. The van der Waals surface area contributed by atoms with Crippen LogP contribution >= 0.6 is 0 Å². The Bertz CT molecular complexity index is 867. The number of hydrogen-bond acceptors (Lipinski definition) is 6. The highest BCUT2D eigenvalue weighted by Crippen LogP contribution is 2.46. The van der Waals surface area contributed by atoms with Gasteiger partial charge < -0.3 is 19.5 Å². The lowest BCUT2D eigenvalue weighted by atomic mass is 9.96. The number of nitro benzene ring substituents is 1. The molecule has 0 aliphatic carbocycles. The van der Waals surface area contributed by atoms with E-state index >= 15 is 0 Å². The molecular weight excluding hydrogens is 376 g/mol. The molecule has 2 aromatic carbocycles. The van der Waals surface area contributed by atoms with Crippen molar-refractivity contribution in [3.8, 4) is 17.2 Å². The van der Waals surface area contributed by atoms with Gasteiger partial charge in [-0.2, -0.15) is 0 Å². The number of benzene rings is 2. The van der Waals surface area contributed by atoms with E-state index in [1.165, 1.54) is 27.4 Å². The molecule has 8 nitrogen and oxygen atoms in total. The molecule has 2 aromatic rings. The van der Waals surface area contributed by atoms with E-state index in [0.29, 0.717) is 12.3 Å². The van der Waals surface area contributed by atoms with Crippen molar-refractivity contribution in [3.63, 3.8) is 0 Å². The largest absolute Gasteiger partial charge is 0.493 e. The average molecular weight is 402 g/mol. The highest BCUT2D eigenvalue weighted by molar-refractivity contribution is 6.00. The minimum atomic E-state index is -0.657. The third-order valence-electron chi connectivity index (χ3n) is 4.45. The standard InChI is InChI=1S/C21H26N2O6/c1-13(2)11-16(14-9-7-6-8-10-14)22-21(24)15-12-17(27-3)19(28-4)20(29-5)18(15)23(25)26/h6-10,12-13,16H,11H2,1-5H3,(H,22,24). The van der Waals surface area contributed by atoms with E-state index in [2.05, 4.69) is 5.32 Å². The Morgan fingerprint density at radius 3 is 2.17 bits per heavy atom. The van der Waals surface area contributed by atoms with Gasteiger partial charge in [0.05, 0.1) is 32.3 Å². The lowest BCUT2D eigenvalue weighted by molar-refractivity contribution is -0.386. The van der Waals surface area contributed by atoms with Crippen molar-refractivity contribution in [2.45, 2.75) is 26.3 Å². The third-order valence-corrected chi connectivity index (χ3v) is 4.45. The Morgan fingerprint density at radius 2 is 1.69 bits per heavy atom. The van der Waals surface area contributed by atoms with E-state index in [1.807, 2.05) is 44.2 Å². The molecule has 0 aliphatic heterocycles. The summed E-state index contributed by atoms with van der Waals surface area (Å²) in [6.45, 7) is 4.09. The number of nitrogens with zero attached hydrogens (tertiary/aromatic N) is 1. The molecule has 0 heterocycles. The second-order valence-electron chi connectivity index (χ2n) is 6.86. The molecule has 0 aromatic heterocycles.